The Morgan fingerprint density at radius 3 is 2.77 bits per heavy atom. The highest BCUT2D eigenvalue weighted by atomic mass is 35.5. The number of fused-ring (bicyclic) bond motifs is 2. The van der Waals surface area contributed by atoms with E-state index in [0.717, 1.165) is 23.6 Å². The van der Waals surface area contributed by atoms with E-state index in [1.165, 1.54) is 0 Å². The van der Waals surface area contributed by atoms with Crippen molar-refractivity contribution in [1.29, 1.82) is 0 Å². The first kappa shape index (κ1) is 22.7. The third-order valence-electron chi connectivity index (χ3n) is 5.37. The topological polar surface area (TPSA) is 118 Å². The summed E-state index contributed by atoms with van der Waals surface area (Å²) in [5.41, 5.74) is 1.83. The van der Waals surface area contributed by atoms with E-state index >= 15 is 0 Å². The van der Waals surface area contributed by atoms with Gasteiger partial charge in [-0.25, -0.2) is 15.0 Å². The van der Waals surface area contributed by atoms with Crippen molar-refractivity contribution >= 4 is 50.9 Å². The molecule has 0 unspecified atom stereocenters. The number of rotatable bonds is 9. The van der Waals surface area contributed by atoms with Gasteiger partial charge in [0.05, 0.1) is 12.2 Å². The van der Waals surface area contributed by atoms with Crippen LogP contribution in [0.4, 0.5) is 17.5 Å². The number of nitrogens with zero attached hydrogens (tertiary/aromatic N) is 4. The number of pyridine rings is 3. The Labute approximate surface area is 206 Å². The van der Waals surface area contributed by atoms with Crippen molar-refractivity contribution in [3.05, 3.63) is 54.9 Å². The van der Waals surface area contributed by atoms with Crippen LogP contribution in [0.2, 0.25) is 0 Å². The number of halogens is 1. The van der Waals surface area contributed by atoms with E-state index in [4.69, 9.17) is 20.8 Å². The molecule has 5 rings (SSSR count). The number of oxazole rings is 1. The first-order valence-corrected chi connectivity index (χ1v) is 11.7. The first-order valence-electron chi connectivity index (χ1n) is 11.1. The van der Waals surface area contributed by atoms with E-state index in [0.29, 0.717) is 58.4 Å². The molecule has 3 N–H and O–H groups in total. The smallest absolute Gasteiger partial charge is 0.229 e. The largest absolute Gasteiger partial charge is 0.508 e. The lowest BCUT2D eigenvalue weighted by atomic mass is 10.1. The number of nitrogens with one attached hydrogen (secondary N) is 2. The van der Waals surface area contributed by atoms with Gasteiger partial charge in [0, 0.05) is 48.2 Å². The SMILES string of the molecule is CNc1ncc(-c2nc3cc(O)ccc3o2)c2cc(Nc3cccc(OCCCCCl)n3)ncc12. The van der Waals surface area contributed by atoms with Crippen LogP contribution in [-0.4, -0.2) is 44.6 Å². The van der Waals surface area contributed by atoms with Gasteiger partial charge in [-0.1, -0.05) is 6.07 Å². The molecule has 0 fully saturated rings. The number of phenols is 1. The third kappa shape index (κ3) is 4.90. The number of hydrogen-bond acceptors (Lipinski definition) is 9. The van der Waals surface area contributed by atoms with Gasteiger partial charge in [-0.15, -0.1) is 11.6 Å². The fraction of sp³-hybridized carbons (Fsp3) is 0.200. The summed E-state index contributed by atoms with van der Waals surface area (Å²) < 4.78 is 11.7. The van der Waals surface area contributed by atoms with Gasteiger partial charge < -0.3 is 24.9 Å². The fourth-order valence-electron chi connectivity index (χ4n) is 3.67. The van der Waals surface area contributed by atoms with E-state index in [-0.39, 0.29) is 5.75 Å². The molecule has 0 aliphatic heterocycles. The zero-order valence-electron chi connectivity index (χ0n) is 19.0. The molecule has 0 aliphatic carbocycles. The zero-order valence-corrected chi connectivity index (χ0v) is 19.7. The maximum atomic E-state index is 9.78. The summed E-state index contributed by atoms with van der Waals surface area (Å²) >= 11 is 5.72. The maximum absolute atomic E-state index is 9.78. The summed E-state index contributed by atoms with van der Waals surface area (Å²) in [6.07, 6.45) is 5.21. The van der Waals surface area contributed by atoms with E-state index in [1.807, 2.05) is 24.3 Å². The number of alkyl halides is 1. The summed E-state index contributed by atoms with van der Waals surface area (Å²) in [5.74, 6) is 3.54. The van der Waals surface area contributed by atoms with Crippen molar-refractivity contribution < 1.29 is 14.3 Å². The lowest BCUT2D eigenvalue weighted by Crippen LogP contribution is -2.02. The molecule has 0 bridgehead atoms. The third-order valence-corrected chi connectivity index (χ3v) is 5.64. The molecule has 0 spiro atoms. The fourth-order valence-corrected chi connectivity index (χ4v) is 3.86. The maximum Gasteiger partial charge on any atom is 0.229 e. The minimum absolute atomic E-state index is 0.124. The van der Waals surface area contributed by atoms with E-state index in [9.17, 15) is 5.11 Å². The number of phenolic OH excluding ortho intramolecular Hbond substituents is 1. The van der Waals surface area contributed by atoms with Gasteiger partial charge >= 0.3 is 0 Å². The van der Waals surface area contributed by atoms with Gasteiger partial charge in [0.1, 0.15) is 28.7 Å². The minimum atomic E-state index is 0.124. The second-order valence-electron chi connectivity index (χ2n) is 7.79. The number of ether oxygens (including phenoxy) is 1. The van der Waals surface area contributed by atoms with Crippen LogP contribution in [0.15, 0.2) is 59.3 Å². The van der Waals surface area contributed by atoms with Crippen LogP contribution in [0, 0.1) is 0 Å². The molecule has 0 radical (unpaired) electrons. The number of unbranched alkanes of at least 4 members (excludes halogenated alkanes) is 1. The lowest BCUT2D eigenvalue weighted by Gasteiger charge is -2.11. The van der Waals surface area contributed by atoms with Crippen molar-refractivity contribution in [2.24, 2.45) is 0 Å². The lowest BCUT2D eigenvalue weighted by molar-refractivity contribution is 0.298. The molecule has 1 aromatic carbocycles. The molecule has 0 aliphatic rings. The quantitative estimate of drug-likeness (QED) is 0.176. The van der Waals surface area contributed by atoms with Gasteiger partial charge in [0.15, 0.2) is 5.58 Å². The average molecular weight is 491 g/mol. The minimum Gasteiger partial charge on any atom is -0.508 e. The summed E-state index contributed by atoms with van der Waals surface area (Å²) in [4.78, 5) is 18.1. The predicted molar refractivity (Wildman–Crippen MR) is 137 cm³/mol. The normalized spacial score (nSPS) is 11.1. The Bertz CT molecular complexity index is 1490. The van der Waals surface area contributed by atoms with Gasteiger partial charge in [0.25, 0.3) is 0 Å². The number of aromatic hydroxyl groups is 1. The standard InChI is InChI=1S/C25H23ClN6O3/c1-27-24-17-13-28-22(31-21-5-4-6-23(32-21)34-10-3-2-9-26)12-16(17)18(14-29-24)25-30-19-11-15(33)7-8-20(19)35-25/h4-8,11-14,33H,2-3,9-10H2,1H3,(H,27,29)(H,28,31,32). The molecule has 0 atom stereocenters. The Morgan fingerprint density at radius 2 is 1.91 bits per heavy atom. The second kappa shape index (κ2) is 10.0. The molecule has 9 nitrogen and oxygen atoms in total. The average Bonchev–Trinajstić information content (AvgIpc) is 3.29. The van der Waals surface area contributed by atoms with Crippen LogP contribution >= 0.6 is 11.6 Å². The molecular formula is C25H23ClN6O3. The monoisotopic (exact) mass is 490 g/mol. The molecule has 4 heterocycles. The second-order valence-corrected chi connectivity index (χ2v) is 8.17. The van der Waals surface area contributed by atoms with Crippen LogP contribution in [-0.2, 0) is 0 Å². The van der Waals surface area contributed by atoms with Crippen LogP contribution in [0.1, 0.15) is 12.8 Å². The molecule has 5 aromatic rings. The highest BCUT2D eigenvalue weighted by Gasteiger charge is 2.16. The molecule has 35 heavy (non-hydrogen) atoms. The summed E-state index contributed by atoms with van der Waals surface area (Å²) in [6, 6.07) is 12.2. The summed E-state index contributed by atoms with van der Waals surface area (Å²) in [7, 11) is 1.80. The number of hydrogen-bond donors (Lipinski definition) is 3. The molecule has 0 amide bonds. The summed E-state index contributed by atoms with van der Waals surface area (Å²) in [6.45, 7) is 0.558. The molecule has 178 valence electrons. The van der Waals surface area contributed by atoms with Gasteiger partial charge in [-0.2, -0.15) is 4.98 Å². The highest BCUT2D eigenvalue weighted by Crippen LogP contribution is 2.34. The van der Waals surface area contributed by atoms with E-state index in [2.05, 4.69) is 30.6 Å². The summed E-state index contributed by atoms with van der Waals surface area (Å²) in [5, 5.41) is 17.8. The first-order chi connectivity index (χ1) is 17.1. The van der Waals surface area contributed by atoms with Crippen LogP contribution < -0.4 is 15.4 Å². The molecule has 4 aromatic heterocycles. The highest BCUT2D eigenvalue weighted by molar-refractivity contribution is 6.17. The Balaban J connectivity index is 1.49. The van der Waals surface area contributed by atoms with E-state index in [1.54, 1.807) is 37.6 Å². The number of benzene rings is 1. The van der Waals surface area contributed by atoms with Gasteiger partial charge in [0.2, 0.25) is 11.8 Å². The Kier molecular flexibility index (Phi) is 6.49. The zero-order chi connectivity index (χ0) is 24.2. The van der Waals surface area contributed by atoms with Crippen LogP contribution in [0.3, 0.4) is 0 Å². The van der Waals surface area contributed by atoms with Crippen molar-refractivity contribution in [3.8, 4) is 23.1 Å². The van der Waals surface area contributed by atoms with Gasteiger partial charge in [-0.05, 0) is 37.1 Å². The predicted octanol–water partition coefficient (Wildman–Crippen LogP) is 5.72. The van der Waals surface area contributed by atoms with Crippen LogP contribution in [0.25, 0.3) is 33.3 Å². The molecular weight excluding hydrogens is 468 g/mol. The van der Waals surface area contributed by atoms with Gasteiger partial charge in [-0.3, -0.25) is 0 Å². The van der Waals surface area contributed by atoms with Crippen molar-refractivity contribution in [1.82, 2.24) is 19.9 Å². The molecule has 0 saturated carbocycles. The molecule has 10 heteroatoms. The Morgan fingerprint density at radius 1 is 1.00 bits per heavy atom. The van der Waals surface area contributed by atoms with Crippen LogP contribution in [0.5, 0.6) is 11.6 Å². The number of aromatic nitrogens is 4. The van der Waals surface area contributed by atoms with Crippen molar-refractivity contribution in [2.75, 3.05) is 30.2 Å². The Hall–Kier alpha value is -4.11. The van der Waals surface area contributed by atoms with E-state index < -0.39 is 0 Å². The van der Waals surface area contributed by atoms with Crippen molar-refractivity contribution in [3.63, 3.8) is 0 Å². The van der Waals surface area contributed by atoms with Crippen molar-refractivity contribution in [2.45, 2.75) is 12.8 Å². The number of anilines is 3. The molecule has 0 saturated heterocycles.